The summed E-state index contributed by atoms with van der Waals surface area (Å²) in [4.78, 5) is 35.6. The minimum atomic E-state index is -4.37. The molecule has 0 aromatic heterocycles. The molecule has 2 atom stereocenters. The second-order valence-electron chi connectivity index (χ2n) is 19.3. The highest BCUT2D eigenvalue weighted by Gasteiger charge is 2.27. The van der Waals surface area contributed by atoms with E-state index in [-0.39, 0.29) is 25.6 Å². The molecule has 9 nitrogen and oxygen atoms in total. The second kappa shape index (κ2) is 44.9. The quantitative estimate of drug-likeness (QED) is 0.0211. The van der Waals surface area contributed by atoms with Gasteiger partial charge in [0.05, 0.1) is 27.7 Å². The Labute approximate surface area is 384 Å². The summed E-state index contributed by atoms with van der Waals surface area (Å²) in [6.45, 7) is 4.47. The summed E-state index contributed by atoms with van der Waals surface area (Å²) in [5.41, 5.74) is 0. The Kier molecular flexibility index (Phi) is 44.0. The molecule has 0 amide bonds. The molecule has 0 aliphatic rings. The number of phosphoric acid groups is 1. The van der Waals surface area contributed by atoms with Gasteiger partial charge >= 0.3 is 19.8 Å². The van der Waals surface area contributed by atoms with Crippen LogP contribution in [0.2, 0.25) is 0 Å². The number of allylic oxidation sites excluding steroid dienone is 2. The van der Waals surface area contributed by atoms with Crippen molar-refractivity contribution >= 4 is 19.8 Å². The van der Waals surface area contributed by atoms with Crippen molar-refractivity contribution in [3.8, 4) is 0 Å². The Morgan fingerprint density at radius 1 is 0.484 bits per heavy atom. The van der Waals surface area contributed by atoms with Crippen LogP contribution >= 0.6 is 7.82 Å². The van der Waals surface area contributed by atoms with Crippen LogP contribution in [0.4, 0.5) is 0 Å². The van der Waals surface area contributed by atoms with Crippen LogP contribution in [0.25, 0.3) is 0 Å². The molecular formula is C52H103NO8P+. The monoisotopic (exact) mass is 901 g/mol. The number of ether oxygens (including phenoxy) is 2. The molecule has 368 valence electrons. The molecule has 1 unspecified atom stereocenters. The summed E-state index contributed by atoms with van der Waals surface area (Å²) in [5, 5.41) is 0. The van der Waals surface area contributed by atoms with Crippen molar-refractivity contribution in [3.05, 3.63) is 12.2 Å². The molecule has 1 N–H and O–H groups in total. The first-order chi connectivity index (χ1) is 30.0. The molecule has 0 radical (unpaired) electrons. The smallest absolute Gasteiger partial charge is 0.462 e. The third-order valence-corrected chi connectivity index (χ3v) is 12.8. The number of carbonyl (C=O) groups is 2. The molecule has 0 aromatic carbocycles. The summed E-state index contributed by atoms with van der Waals surface area (Å²) in [5.74, 6) is -0.782. The molecule has 0 aliphatic carbocycles. The maximum atomic E-state index is 12.8. The van der Waals surface area contributed by atoms with Crippen molar-refractivity contribution in [3.63, 3.8) is 0 Å². The maximum absolute atomic E-state index is 12.8. The van der Waals surface area contributed by atoms with Crippen molar-refractivity contribution in [1.82, 2.24) is 0 Å². The first-order valence-electron chi connectivity index (χ1n) is 26.4. The summed E-state index contributed by atoms with van der Waals surface area (Å²) in [6, 6.07) is 0. The van der Waals surface area contributed by atoms with Crippen LogP contribution in [0.5, 0.6) is 0 Å². The van der Waals surface area contributed by atoms with E-state index < -0.39 is 26.5 Å². The lowest BCUT2D eigenvalue weighted by molar-refractivity contribution is -0.870. The van der Waals surface area contributed by atoms with E-state index in [1.165, 1.54) is 193 Å². The number of carbonyl (C=O) groups excluding carboxylic acids is 2. The van der Waals surface area contributed by atoms with Gasteiger partial charge in [-0.15, -0.1) is 0 Å². The van der Waals surface area contributed by atoms with Crippen LogP contribution in [0.1, 0.15) is 258 Å². The van der Waals surface area contributed by atoms with Gasteiger partial charge in [-0.2, -0.15) is 0 Å². The highest BCUT2D eigenvalue weighted by atomic mass is 31.2. The third kappa shape index (κ3) is 48.2. The summed E-state index contributed by atoms with van der Waals surface area (Å²) < 4.78 is 34.5. The Morgan fingerprint density at radius 2 is 0.823 bits per heavy atom. The van der Waals surface area contributed by atoms with Gasteiger partial charge in [-0.1, -0.05) is 219 Å². The van der Waals surface area contributed by atoms with Gasteiger partial charge < -0.3 is 18.9 Å². The van der Waals surface area contributed by atoms with E-state index in [9.17, 15) is 19.0 Å². The number of rotatable bonds is 49. The molecule has 0 saturated carbocycles. The van der Waals surface area contributed by atoms with Crippen molar-refractivity contribution in [2.45, 2.75) is 264 Å². The number of nitrogens with zero attached hydrogens (tertiary/aromatic N) is 1. The van der Waals surface area contributed by atoms with E-state index in [0.717, 1.165) is 38.5 Å². The van der Waals surface area contributed by atoms with E-state index in [4.69, 9.17) is 18.5 Å². The first kappa shape index (κ1) is 60.8. The Hall–Kier alpha value is -1.25. The van der Waals surface area contributed by atoms with Gasteiger partial charge in [0.15, 0.2) is 6.10 Å². The number of unbranched alkanes of at least 4 members (excludes halogenated alkanes) is 33. The van der Waals surface area contributed by atoms with Crippen molar-refractivity contribution in [2.75, 3.05) is 47.5 Å². The zero-order valence-electron chi connectivity index (χ0n) is 41.6. The Bertz CT molecular complexity index is 1060. The normalized spacial score (nSPS) is 13.5. The second-order valence-corrected chi connectivity index (χ2v) is 20.7. The van der Waals surface area contributed by atoms with Crippen LogP contribution in [-0.4, -0.2) is 74.9 Å². The first-order valence-corrected chi connectivity index (χ1v) is 27.9. The van der Waals surface area contributed by atoms with Gasteiger partial charge in [0.25, 0.3) is 0 Å². The fraction of sp³-hybridized carbons (Fsp3) is 0.923. The number of hydrogen-bond acceptors (Lipinski definition) is 7. The molecule has 0 saturated heterocycles. The topological polar surface area (TPSA) is 108 Å². The van der Waals surface area contributed by atoms with Crippen molar-refractivity contribution in [2.24, 2.45) is 0 Å². The zero-order chi connectivity index (χ0) is 45.7. The zero-order valence-corrected chi connectivity index (χ0v) is 42.5. The van der Waals surface area contributed by atoms with Gasteiger partial charge in [-0.25, -0.2) is 4.57 Å². The minimum absolute atomic E-state index is 0.0354. The van der Waals surface area contributed by atoms with Gasteiger partial charge in [0.2, 0.25) is 0 Å². The lowest BCUT2D eigenvalue weighted by Crippen LogP contribution is -2.37. The Morgan fingerprint density at radius 3 is 1.19 bits per heavy atom. The number of quaternary nitrogens is 1. The molecule has 0 heterocycles. The van der Waals surface area contributed by atoms with Gasteiger partial charge in [-0.05, 0) is 38.5 Å². The fourth-order valence-corrected chi connectivity index (χ4v) is 8.40. The van der Waals surface area contributed by atoms with Crippen molar-refractivity contribution in [1.29, 1.82) is 0 Å². The predicted octanol–water partition coefficient (Wildman–Crippen LogP) is 15.7. The number of likely N-dealkylation sites (N-methyl/N-ethyl adjacent to an activating group) is 1. The van der Waals surface area contributed by atoms with E-state index in [1.807, 2.05) is 21.1 Å². The molecule has 0 rings (SSSR count). The van der Waals surface area contributed by atoms with Crippen LogP contribution < -0.4 is 0 Å². The molecular weight excluding hydrogens is 798 g/mol. The van der Waals surface area contributed by atoms with Crippen LogP contribution in [0.15, 0.2) is 12.2 Å². The van der Waals surface area contributed by atoms with Gasteiger partial charge in [0.1, 0.15) is 19.8 Å². The number of esters is 2. The van der Waals surface area contributed by atoms with Crippen LogP contribution in [-0.2, 0) is 32.7 Å². The molecule has 10 heteroatoms. The van der Waals surface area contributed by atoms with E-state index in [1.54, 1.807) is 0 Å². The van der Waals surface area contributed by atoms with Crippen LogP contribution in [0, 0.1) is 0 Å². The third-order valence-electron chi connectivity index (χ3n) is 11.8. The standard InChI is InChI=1S/C52H102NO8P/c1-6-8-10-12-14-16-18-20-22-24-25-26-27-29-30-32-34-36-38-40-42-44-51(54)58-48-50(49-60-62(56,57)59-47-46-53(3,4)5)61-52(55)45-43-41-39-37-35-33-31-28-23-21-19-17-15-13-11-9-7-2/h20,22,50H,6-19,21,23-49H2,1-5H3/p+1/b22-20+/t50-/m1/s1. The van der Waals surface area contributed by atoms with E-state index in [0.29, 0.717) is 17.4 Å². The largest absolute Gasteiger partial charge is 0.472 e. The SMILES string of the molecule is CCCCCCCC/C=C/CCCCCCCCCCCCCC(=O)OC[C@H](COP(=O)(O)OCC[N+](C)(C)C)OC(=O)CCCCCCCCCCCCCCCCCCC. The van der Waals surface area contributed by atoms with E-state index >= 15 is 0 Å². The van der Waals surface area contributed by atoms with Crippen LogP contribution in [0.3, 0.4) is 0 Å². The average molecular weight is 901 g/mol. The lowest BCUT2D eigenvalue weighted by Gasteiger charge is -2.24. The summed E-state index contributed by atoms with van der Waals surface area (Å²) >= 11 is 0. The highest BCUT2D eigenvalue weighted by Crippen LogP contribution is 2.43. The molecule has 0 bridgehead atoms. The summed E-state index contributed by atoms with van der Waals surface area (Å²) in [7, 11) is 1.49. The molecule has 62 heavy (non-hydrogen) atoms. The molecule has 0 aromatic rings. The number of phosphoric ester groups is 1. The Balaban J connectivity index is 4.19. The highest BCUT2D eigenvalue weighted by molar-refractivity contribution is 7.47. The fourth-order valence-electron chi connectivity index (χ4n) is 7.66. The minimum Gasteiger partial charge on any atom is -0.462 e. The maximum Gasteiger partial charge on any atom is 0.472 e. The molecule has 0 aliphatic heterocycles. The lowest BCUT2D eigenvalue weighted by atomic mass is 10.0. The number of hydrogen-bond donors (Lipinski definition) is 1. The van der Waals surface area contributed by atoms with Gasteiger partial charge in [0, 0.05) is 12.8 Å². The van der Waals surface area contributed by atoms with Crippen molar-refractivity contribution < 1.29 is 42.1 Å². The van der Waals surface area contributed by atoms with Gasteiger partial charge in [-0.3, -0.25) is 18.6 Å². The molecule has 0 spiro atoms. The van der Waals surface area contributed by atoms with E-state index in [2.05, 4.69) is 26.0 Å². The average Bonchev–Trinajstić information content (AvgIpc) is 3.23. The molecule has 0 fully saturated rings. The predicted molar refractivity (Wildman–Crippen MR) is 261 cm³/mol. The summed E-state index contributed by atoms with van der Waals surface area (Å²) in [6.07, 6.45) is 49.7.